The summed E-state index contributed by atoms with van der Waals surface area (Å²) in [6, 6.07) is 0. The van der Waals surface area contributed by atoms with Crippen molar-refractivity contribution in [2.24, 2.45) is 5.73 Å². The molecule has 2 N–H and O–H groups in total. The third-order valence-corrected chi connectivity index (χ3v) is 5.33. The molecule has 6 nitrogen and oxygen atoms in total. The van der Waals surface area contributed by atoms with Gasteiger partial charge in [-0.1, -0.05) is 11.8 Å². The Hall–Kier alpha value is -0.630. The van der Waals surface area contributed by atoms with Gasteiger partial charge in [0.25, 0.3) is 0 Å². The first kappa shape index (κ1) is 14.3. The van der Waals surface area contributed by atoms with Crippen molar-refractivity contribution in [3.05, 3.63) is 5.82 Å². The summed E-state index contributed by atoms with van der Waals surface area (Å²) in [7, 11) is 0. The van der Waals surface area contributed by atoms with Gasteiger partial charge in [-0.15, -0.1) is 10.2 Å². The van der Waals surface area contributed by atoms with E-state index in [1.54, 1.807) is 0 Å². The summed E-state index contributed by atoms with van der Waals surface area (Å²) in [5.74, 6) is 0.862. The van der Waals surface area contributed by atoms with E-state index in [2.05, 4.69) is 21.7 Å². The van der Waals surface area contributed by atoms with Crippen LogP contribution in [0, 0.1) is 0 Å². The van der Waals surface area contributed by atoms with E-state index in [4.69, 9.17) is 15.2 Å². The lowest BCUT2D eigenvalue weighted by Crippen LogP contribution is -2.41. The Morgan fingerprint density at radius 3 is 3.05 bits per heavy atom. The Kier molecular flexibility index (Phi) is 4.30. The third kappa shape index (κ3) is 2.72. The fourth-order valence-corrected chi connectivity index (χ4v) is 4.32. The van der Waals surface area contributed by atoms with Gasteiger partial charge in [0.15, 0.2) is 5.16 Å². The topological polar surface area (TPSA) is 75.2 Å². The van der Waals surface area contributed by atoms with Gasteiger partial charge in [0, 0.05) is 31.4 Å². The van der Waals surface area contributed by atoms with Gasteiger partial charge in [-0.3, -0.25) is 0 Å². The maximum atomic E-state index is 5.98. The highest BCUT2D eigenvalue weighted by Crippen LogP contribution is 2.39. The summed E-state index contributed by atoms with van der Waals surface area (Å²) < 4.78 is 13.6. The van der Waals surface area contributed by atoms with Crippen LogP contribution in [0.4, 0.5) is 0 Å². The van der Waals surface area contributed by atoms with Crippen LogP contribution in [-0.2, 0) is 22.6 Å². The molecule has 20 heavy (non-hydrogen) atoms. The average Bonchev–Trinajstić information content (AvgIpc) is 3.06. The highest BCUT2D eigenvalue weighted by atomic mass is 32.2. The molecule has 2 aliphatic heterocycles. The Balaban J connectivity index is 1.69. The van der Waals surface area contributed by atoms with E-state index in [-0.39, 0.29) is 5.60 Å². The predicted octanol–water partition coefficient (Wildman–Crippen LogP) is 1.19. The van der Waals surface area contributed by atoms with Gasteiger partial charge in [-0.25, -0.2) is 0 Å². The molecule has 1 spiro atoms. The predicted molar refractivity (Wildman–Crippen MR) is 76.6 cm³/mol. The van der Waals surface area contributed by atoms with Crippen LogP contribution in [0.25, 0.3) is 0 Å². The van der Waals surface area contributed by atoms with E-state index < -0.39 is 0 Å². The number of rotatable bonds is 4. The zero-order valence-electron chi connectivity index (χ0n) is 11.9. The fourth-order valence-electron chi connectivity index (χ4n) is 2.97. The first-order chi connectivity index (χ1) is 9.76. The minimum Gasteiger partial charge on any atom is -0.378 e. The highest BCUT2D eigenvalue weighted by Gasteiger charge is 2.41. The lowest BCUT2D eigenvalue weighted by molar-refractivity contribution is -0.0770. The molecule has 2 fully saturated rings. The lowest BCUT2D eigenvalue weighted by Gasteiger charge is -2.36. The largest absolute Gasteiger partial charge is 0.378 e. The summed E-state index contributed by atoms with van der Waals surface area (Å²) >= 11 is 1.81. The van der Waals surface area contributed by atoms with E-state index in [1.807, 2.05) is 11.8 Å². The minimum absolute atomic E-state index is 0.0519. The van der Waals surface area contributed by atoms with Crippen LogP contribution in [0.1, 0.15) is 32.0 Å². The summed E-state index contributed by atoms with van der Waals surface area (Å²) in [4.78, 5) is 0. The minimum atomic E-state index is -0.0519. The molecule has 0 aromatic carbocycles. The fraction of sp³-hybridized carbons (Fsp3) is 0.846. The summed E-state index contributed by atoms with van der Waals surface area (Å²) in [6.45, 7) is 5.76. The SMILES string of the molecule is CCn1c(CN)nnc1SC1CCOC2(CCOC2)C1. The first-order valence-electron chi connectivity index (χ1n) is 7.27. The third-order valence-electron chi connectivity index (χ3n) is 4.08. The van der Waals surface area contributed by atoms with Crippen LogP contribution in [0.3, 0.4) is 0 Å². The standard InChI is InChI=1S/C13H22N4O2S/c1-2-17-11(8-14)15-16-12(17)20-10-3-5-19-13(7-10)4-6-18-9-13/h10H,2-9,14H2,1H3. The summed E-state index contributed by atoms with van der Waals surface area (Å²) in [5, 5.41) is 9.96. The van der Waals surface area contributed by atoms with Crippen LogP contribution in [0.15, 0.2) is 5.16 Å². The molecule has 1 aromatic rings. The van der Waals surface area contributed by atoms with Crippen molar-refractivity contribution >= 4 is 11.8 Å². The van der Waals surface area contributed by atoms with E-state index >= 15 is 0 Å². The van der Waals surface area contributed by atoms with E-state index in [9.17, 15) is 0 Å². The van der Waals surface area contributed by atoms with Crippen molar-refractivity contribution < 1.29 is 9.47 Å². The second-order valence-electron chi connectivity index (χ2n) is 5.41. The van der Waals surface area contributed by atoms with Gasteiger partial charge in [-0.05, 0) is 19.8 Å². The molecule has 0 radical (unpaired) electrons. The Morgan fingerprint density at radius 2 is 2.35 bits per heavy atom. The monoisotopic (exact) mass is 298 g/mol. The van der Waals surface area contributed by atoms with Crippen molar-refractivity contribution in [2.45, 2.75) is 55.3 Å². The van der Waals surface area contributed by atoms with Crippen LogP contribution < -0.4 is 5.73 Å². The smallest absolute Gasteiger partial charge is 0.191 e. The lowest BCUT2D eigenvalue weighted by atomic mass is 9.93. The number of nitrogens with two attached hydrogens (primary N) is 1. The first-order valence-corrected chi connectivity index (χ1v) is 8.15. The van der Waals surface area contributed by atoms with Crippen molar-refractivity contribution in [3.8, 4) is 0 Å². The second-order valence-corrected chi connectivity index (χ2v) is 6.68. The van der Waals surface area contributed by atoms with Gasteiger partial charge in [0.1, 0.15) is 5.82 Å². The van der Waals surface area contributed by atoms with Gasteiger partial charge in [0.05, 0.1) is 18.8 Å². The van der Waals surface area contributed by atoms with Crippen LogP contribution in [0.2, 0.25) is 0 Å². The van der Waals surface area contributed by atoms with Crippen molar-refractivity contribution in [2.75, 3.05) is 19.8 Å². The molecule has 0 aliphatic carbocycles. The Bertz CT molecular complexity index is 459. The quantitative estimate of drug-likeness (QED) is 0.900. The van der Waals surface area contributed by atoms with E-state index in [1.165, 1.54) is 0 Å². The number of nitrogens with zero attached hydrogens (tertiary/aromatic N) is 3. The average molecular weight is 298 g/mol. The van der Waals surface area contributed by atoms with E-state index in [0.717, 1.165) is 56.6 Å². The van der Waals surface area contributed by atoms with Crippen molar-refractivity contribution in [3.63, 3.8) is 0 Å². The Labute approximate surface area is 123 Å². The highest BCUT2D eigenvalue weighted by molar-refractivity contribution is 7.99. The zero-order valence-corrected chi connectivity index (χ0v) is 12.7. The van der Waals surface area contributed by atoms with Crippen LogP contribution in [-0.4, -0.2) is 45.4 Å². The van der Waals surface area contributed by atoms with Crippen molar-refractivity contribution in [1.29, 1.82) is 0 Å². The number of aromatic nitrogens is 3. The zero-order chi connectivity index (χ0) is 14.0. The molecule has 0 bridgehead atoms. The molecule has 2 atom stereocenters. The molecule has 0 saturated carbocycles. The maximum Gasteiger partial charge on any atom is 0.191 e. The van der Waals surface area contributed by atoms with E-state index in [0.29, 0.717) is 11.8 Å². The molecule has 2 aliphatic rings. The molecule has 112 valence electrons. The van der Waals surface area contributed by atoms with Gasteiger partial charge in [0.2, 0.25) is 0 Å². The van der Waals surface area contributed by atoms with Gasteiger partial charge < -0.3 is 19.8 Å². The van der Waals surface area contributed by atoms with Crippen LogP contribution in [0.5, 0.6) is 0 Å². The summed E-state index contributed by atoms with van der Waals surface area (Å²) in [6.07, 6.45) is 3.10. The normalized spacial score (nSPS) is 30.2. The molecule has 3 heterocycles. The van der Waals surface area contributed by atoms with Gasteiger partial charge in [-0.2, -0.15) is 0 Å². The molecular weight excluding hydrogens is 276 g/mol. The number of hydrogen-bond acceptors (Lipinski definition) is 6. The summed E-state index contributed by atoms with van der Waals surface area (Å²) in [5.41, 5.74) is 5.65. The van der Waals surface area contributed by atoms with Gasteiger partial charge >= 0.3 is 0 Å². The molecule has 1 aromatic heterocycles. The number of hydrogen-bond donors (Lipinski definition) is 1. The molecular formula is C13H22N4O2S. The maximum absolute atomic E-state index is 5.98. The molecule has 2 unspecified atom stereocenters. The Morgan fingerprint density at radius 1 is 1.45 bits per heavy atom. The second kappa shape index (κ2) is 6.01. The number of thioether (sulfide) groups is 1. The number of ether oxygens (including phenoxy) is 2. The van der Waals surface area contributed by atoms with Crippen LogP contribution >= 0.6 is 11.8 Å². The molecule has 7 heteroatoms. The molecule has 3 rings (SSSR count). The molecule has 2 saturated heterocycles. The molecule has 0 amide bonds. The van der Waals surface area contributed by atoms with Crippen molar-refractivity contribution in [1.82, 2.24) is 14.8 Å².